The summed E-state index contributed by atoms with van der Waals surface area (Å²) in [5.74, 6) is 0.586. The zero-order valence-corrected chi connectivity index (χ0v) is 14.1. The monoisotopic (exact) mass is 340 g/mol. The molecular formula is C19H20N2O4. The Morgan fingerprint density at radius 1 is 0.760 bits per heavy atom. The largest absolute Gasteiger partial charge is 0.497 e. The Morgan fingerprint density at radius 3 is 1.44 bits per heavy atom. The van der Waals surface area contributed by atoms with Gasteiger partial charge in [0.25, 0.3) is 0 Å². The highest BCUT2D eigenvalue weighted by Gasteiger charge is 2.48. The Bertz CT molecular complexity index is 690. The van der Waals surface area contributed by atoms with E-state index in [2.05, 4.69) is 10.6 Å². The van der Waals surface area contributed by atoms with Crippen molar-refractivity contribution < 1.29 is 19.1 Å². The van der Waals surface area contributed by atoms with Gasteiger partial charge in [-0.2, -0.15) is 0 Å². The van der Waals surface area contributed by atoms with Gasteiger partial charge in [0, 0.05) is 11.4 Å². The molecule has 2 amide bonds. The second-order valence-corrected chi connectivity index (χ2v) is 5.88. The fourth-order valence-corrected chi connectivity index (χ4v) is 2.59. The summed E-state index contributed by atoms with van der Waals surface area (Å²) in [5, 5.41) is 5.66. The molecule has 0 spiro atoms. The molecule has 1 fully saturated rings. The van der Waals surface area contributed by atoms with Crippen molar-refractivity contribution in [3.63, 3.8) is 0 Å². The van der Waals surface area contributed by atoms with Crippen molar-refractivity contribution >= 4 is 23.2 Å². The van der Waals surface area contributed by atoms with E-state index in [-0.39, 0.29) is 23.7 Å². The second-order valence-electron chi connectivity index (χ2n) is 5.88. The maximum absolute atomic E-state index is 12.2. The summed E-state index contributed by atoms with van der Waals surface area (Å²) in [6, 6.07) is 14.2. The van der Waals surface area contributed by atoms with Crippen LogP contribution in [0.25, 0.3) is 0 Å². The summed E-state index contributed by atoms with van der Waals surface area (Å²) >= 11 is 0. The van der Waals surface area contributed by atoms with Crippen LogP contribution in [-0.4, -0.2) is 26.0 Å². The molecule has 6 nitrogen and oxygen atoms in total. The highest BCUT2D eigenvalue weighted by atomic mass is 16.5. The number of nitrogens with one attached hydrogen (secondary N) is 2. The highest BCUT2D eigenvalue weighted by molar-refractivity contribution is 6.03. The van der Waals surface area contributed by atoms with Crippen LogP contribution < -0.4 is 20.1 Å². The Balaban J connectivity index is 1.51. The van der Waals surface area contributed by atoms with Gasteiger partial charge in [0.15, 0.2) is 0 Å². The smallest absolute Gasteiger partial charge is 0.228 e. The van der Waals surface area contributed by atoms with E-state index in [1.165, 1.54) is 0 Å². The summed E-state index contributed by atoms with van der Waals surface area (Å²) < 4.78 is 10.2. The van der Waals surface area contributed by atoms with E-state index in [1.807, 2.05) is 0 Å². The van der Waals surface area contributed by atoms with Crippen LogP contribution in [0.3, 0.4) is 0 Å². The van der Waals surface area contributed by atoms with Gasteiger partial charge < -0.3 is 20.1 Å². The zero-order chi connectivity index (χ0) is 17.8. The molecule has 3 rings (SSSR count). The van der Waals surface area contributed by atoms with Crippen LogP contribution in [0.15, 0.2) is 48.5 Å². The first-order chi connectivity index (χ1) is 12.1. The molecule has 2 N–H and O–H groups in total. The van der Waals surface area contributed by atoms with Crippen molar-refractivity contribution in [2.75, 3.05) is 24.9 Å². The van der Waals surface area contributed by atoms with Crippen LogP contribution >= 0.6 is 0 Å². The topological polar surface area (TPSA) is 76.7 Å². The average Bonchev–Trinajstić information content (AvgIpc) is 3.44. The number of hydrogen-bond acceptors (Lipinski definition) is 4. The summed E-state index contributed by atoms with van der Waals surface area (Å²) in [6.45, 7) is 0. The van der Waals surface area contributed by atoms with Crippen LogP contribution in [0, 0.1) is 11.8 Å². The lowest BCUT2D eigenvalue weighted by molar-refractivity contribution is -0.122. The Kier molecular flexibility index (Phi) is 4.88. The van der Waals surface area contributed by atoms with Crippen molar-refractivity contribution in [1.29, 1.82) is 0 Å². The van der Waals surface area contributed by atoms with E-state index in [4.69, 9.17) is 9.47 Å². The van der Waals surface area contributed by atoms with Gasteiger partial charge in [0.1, 0.15) is 11.5 Å². The lowest BCUT2D eigenvalue weighted by atomic mass is 10.2. The molecule has 0 aliphatic heterocycles. The van der Waals surface area contributed by atoms with Gasteiger partial charge in [-0.15, -0.1) is 0 Å². The van der Waals surface area contributed by atoms with Crippen LogP contribution in [0.4, 0.5) is 11.4 Å². The molecule has 2 aromatic rings. The second kappa shape index (κ2) is 7.25. The van der Waals surface area contributed by atoms with E-state index in [0.29, 0.717) is 17.8 Å². The van der Waals surface area contributed by atoms with Crippen LogP contribution in [0.1, 0.15) is 6.42 Å². The molecule has 25 heavy (non-hydrogen) atoms. The molecule has 2 aromatic carbocycles. The van der Waals surface area contributed by atoms with Crippen molar-refractivity contribution in [2.24, 2.45) is 11.8 Å². The van der Waals surface area contributed by atoms with Gasteiger partial charge in [-0.05, 0) is 55.0 Å². The predicted octanol–water partition coefficient (Wildman–Crippen LogP) is 2.92. The van der Waals surface area contributed by atoms with Crippen molar-refractivity contribution in [3.05, 3.63) is 48.5 Å². The fraction of sp³-hybridized carbons (Fsp3) is 0.263. The summed E-state index contributed by atoms with van der Waals surface area (Å²) in [6.07, 6.45) is 0.560. The number of carbonyl (C=O) groups excluding carboxylic acids is 2. The molecule has 0 aromatic heterocycles. The first-order valence-corrected chi connectivity index (χ1v) is 8.00. The molecule has 0 saturated heterocycles. The fourth-order valence-electron chi connectivity index (χ4n) is 2.59. The lowest BCUT2D eigenvalue weighted by Crippen LogP contribution is -2.20. The number of carbonyl (C=O) groups is 2. The van der Waals surface area contributed by atoms with Crippen LogP contribution in [0.2, 0.25) is 0 Å². The molecule has 2 unspecified atom stereocenters. The average molecular weight is 340 g/mol. The van der Waals surface area contributed by atoms with Gasteiger partial charge in [0.05, 0.1) is 26.1 Å². The van der Waals surface area contributed by atoms with E-state index in [0.717, 1.165) is 11.5 Å². The van der Waals surface area contributed by atoms with Gasteiger partial charge in [0.2, 0.25) is 11.8 Å². The Hall–Kier alpha value is -3.02. The molecule has 6 heteroatoms. The Labute approximate surface area is 146 Å². The van der Waals surface area contributed by atoms with E-state index < -0.39 is 0 Å². The molecule has 0 heterocycles. The molecular weight excluding hydrogens is 320 g/mol. The first kappa shape index (κ1) is 16.8. The van der Waals surface area contributed by atoms with Crippen molar-refractivity contribution in [2.45, 2.75) is 6.42 Å². The number of hydrogen-bond donors (Lipinski definition) is 2. The maximum Gasteiger partial charge on any atom is 0.228 e. The molecule has 0 bridgehead atoms. The highest BCUT2D eigenvalue weighted by Crippen LogP contribution is 2.40. The van der Waals surface area contributed by atoms with Crippen LogP contribution in [0.5, 0.6) is 11.5 Å². The molecule has 1 aliphatic carbocycles. The molecule has 1 saturated carbocycles. The molecule has 1 aliphatic rings. The quantitative estimate of drug-likeness (QED) is 0.848. The van der Waals surface area contributed by atoms with Crippen LogP contribution in [-0.2, 0) is 9.59 Å². The van der Waals surface area contributed by atoms with E-state index in [1.54, 1.807) is 62.8 Å². The van der Waals surface area contributed by atoms with Crippen molar-refractivity contribution in [3.8, 4) is 11.5 Å². The number of methoxy groups -OCH3 is 2. The summed E-state index contributed by atoms with van der Waals surface area (Å²) in [7, 11) is 3.17. The van der Waals surface area contributed by atoms with Gasteiger partial charge in [-0.25, -0.2) is 0 Å². The summed E-state index contributed by atoms with van der Waals surface area (Å²) in [5.41, 5.74) is 1.37. The van der Waals surface area contributed by atoms with Gasteiger partial charge in [-0.1, -0.05) is 0 Å². The standard InChI is InChI=1S/C19H20N2O4/c1-24-14-7-3-12(4-8-14)20-18(22)16-11-17(16)19(23)21-13-5-9-15(25-2)10-6-13/h3-10,16-17H,11H2,1-2H3,(H,20,22)(H,21,23). The normalized spacial score (nSPS) is 18.2. The zero-order valence-electron chi connectivity index (χ0n) is 14.1. The number of anilines is 2. The molecule has 130 valence electrons. The van der Waals surface area contributed by atoms with E-state index in [9.17, 15) is 9.59 Å². The Morgan fingerprint density at radius 2 is 1.12 bits per heavy atom. The minimum absolute atomic E-state index is 0.139. The number of amides is 2. The molecule has 2 atom stereocenters. The predicted molar refractivity (Wildman–Crippen MR) is 94.8 cm³/mol. The lowest BCUT2D eigenvalue weighted by Gasteiger charge is -2.07. The minimum atomic E-state index is -0.291. The number of rotatable bonds is 6. The van der Waals surface area contributed by atoms with E-state index >= 15 is 0 Å². The summed E-state index contributed by atoms with van der Waals surface area (Å²) in [4.78, 5) is 24.5. The van der Waals surface area contributed by atoms with Gasteiger partial charge in [-0.3, -0.25) is 9.59 Å². The maximum atomic E-state index is 12.2. The third-order valence-electron chi connectivity index (χ3n) is 4.18. The minimum Gasteiger partial charge on any atom is -0.497 e. The third kappa shape index (κ3) is 4.09. The van der Waals surface area contributed by atoms with Crippen molar-refractivity contribution in [1.82, 2.24) is 0 Å². The van der Waals surface area contributed by atoms with Gasteiger partial charge >= 0.3 is 0 Å². The third-order valence-corrected chi connectivity index (χ3v) is 4.18. The number of ether oxygens (including phenoxy) is 2. The molecule has 0 radical (unpaired) electrons. The number of benzene rings is 2. The SMILES string of the molecule is COc1ccc(NC(=O)C2CC2C(=O)Nc2ccc(OC)cc2)cc1. The first-order valence-electron chi connectivity index (χ1n) is 8.00.